The van der Waals surface area contributed by atoms with Gasteiger partial charge in [0.25, 0.3) is 0 Å². The molecule has 6 nitrogen and oxygen atoms in total. The molecule has 21 heavy (non-hydrogen) atoms. The van der Waals surface area contributed by atoms with E-state index in [1.54, 1.807) is 0 Å². The molecule has 0 bridgehead atoms. The van der Waals surface area contributed by atoms with Crippen LogP contribution in [0, 0.1) is 17.1 Å². The van der Waals surface area contributed by atoms with E-state index in [9.17, 15) is 9.65 Å². The van der Waals surface area contributed by atoms with Gasteiger partial charge in [-0.3, -0.25) is 4.98 Å². The van der Waals surface area contributed by atoms with E-state index in [-0.39, 0.29) is 5.25 Å². The SMILES string of the molecule is N#C/C(=C1/SC[C@H](c2ncc(N)cc2F)S1)n1cncn1. The number of anilines is 1. The van der Waals surface area contributed by atoms with E-state index in [0.29, 0.717) is 22.8 Å². The summed E-state index contributed by atoms with van der Waals surface area (Å²) >= 11 is 2.89. The van der Waals surface area contributed by atoms with Gasteiger partial charge in [0.15, 0.2) is 5.70 Å². The highest BCUT2D eigenvalue weighted by Crippen LogP contribution is 2.51. The molecule has 3 rings (SSSR count). The Morgan fingerprint density at radius 3 is 3.10 bits per heavy atom. The molecule has 1 aliphatic rings. The predicted octanol–water partition coefficient (Wildman–Crippen LogP) is 2.27. The van der Waals surface area contributed by atoms with Gasteiger partial charge < -0.3 is 5.73 Å². The van der Waals surface area contributed by atoms with Gasteiger partial charge in [0.1, 0.15) is 24.5 Å². The number of pyridine rings is 1. The zero-order chi connectivity index (χ0) is 14.8. The standard InChI is InChI=1S/C12H9FN6S2/c13-8-1-7(15)3-17-11(8)10-4-20-12(21-10)9(2-14)19-6-16-5-18-19/h1,3,5-6,10H,4,15H2/b12-9+/t10-/m1/s1. The molecular weight excluding hydrogens is 311 g/mol. The Balaban J connectivity index is 1.90. The van der Waals surface area contributed by atoms with E-state index in [2.05, 4.69) is 21.1 Å². The Morgan fingerprint density at radius 1 is 1.57 bits per heavy atom. The number of aromatic nitrogens is 4. The Morgan fingerprint density at radius 2 is 2.43 bits per heavy atom. The molecule has 106 valence electrons. The molecule has 0 amide bonds. The van der Waals surface area contributed by atoms with Crippen LogP contribution in [0.3, 0.4) is 0 Å². The highest BCUT2D eigenvalue weighted by Gasteiger charge is 2.29. The van der Waals surface area contributed by atoms with Crippen molar-refractivity contribution in [2.24, 2.45) is 0 Å². The van der Waals surface area contributed by atoms with Crippen molar-refractivity contribution in [1.29, 1.82) is 5.26 Å². The number of hydrogen-bond donors (Lipinski definition) is 1. The summed E-state index contributed by atoms with van der Waals surface area (Å²) in [5, 5.41) is 13.1. The van der Waals surface area contributed by atoms with E-state index >= 15 is 0 Å². The Hall–Kier alpha value is -2.05. The van der Waals surface area contributed by atoms with Crippen molar-refractivity contribution in [2.75, 3.05) is 11.5 Å². The summed E-state index contributed by atoms with van der Waals surface area (Å²) in [6.45, 7) is 0. The maximum Gasteiger partial charge on any atom is 0.163 e. The molecular formula is C12H9FN6S2. The largest absolute Gasteiger partial charge is 0.397 e. The van der Waals surface area contributed by atoms with Crippen LogP contribution in [-0.4, -0.2) is 25.5 Å². The first-order chi connectivity index (χ1) is 10.2. The molecule has 1 fully saturated rings. The van der Waals surface area contributed by atoms with E-state index in [4.69, 9.17) is 5.73 Å². The molecule has 0 saturated carbocycles. The number of thioether (sulfide) groups is 2. The molecule has 9 heteroatoms. The second-order valence-corrected chi connectivity index (χ2v) is 6.64. The molecule has 0 radical (unpaired) electrons. The van der Waals surface area contributed by atoms with E-state index in [0.717, 1.165) is 4.24 Å². The van der Waals surface area contributed by atoms with Gasteiger partial charge in [-0.25, -0.2) is 14.1 Å². The van der Waals surface area contributed by atoms with Crippen molar-refractivity contribution in [3.63, 3.8) is 0 Å². The number of nitrogens with zero attached hydrogens (tertiary/aromatic N) is 5. The van der Waals surface area contributed by atoms with Crippen LogP contribution >= 0.6 is 23.5 Å². The Kier molecular flexibility index (Phi) is 3.81. The van der Waals surface area contributed by atoms with Crippen molar-refractivity contribution >= 4 is 34.9 Å². The molecule has 2 aromatic rings. The third kappa shape index (κ3) is 2.72. The minimum absolute atomic E-state index is 0.155. The summed E-state index contributed by atoms with van der Waals surface area (Å²) < 4.78 is 16.1. The summed E-state index contributed by atoms with van der Waals surface area (Å²) in [7, 11) is 0. The first kappa shape index (κ1) is 13.9. The third-order valence-electron chi connectivity index (χ3n) is 2.76. The van der Waals surface area contributed by atoms with Crippen molar-refractivity contribution < 1.29 is 4.39 Å². The lowest BCUT2D eigenvalue weighted by Crippen LogP contribution is -2.01. The van der Waals surface area contributed by atoms with E-state index in [1.165, 1.54) is 53.1 Å². The summed E-state index contributed by atoms with van der Waals surface area (Å²) in [5.41, 5.74) is 6.54. The van der Waals surface area contributed by atoms with Crippen molar-refractivity contribution in [1.82, 2.24) is 19.7 Å². The predicted molar refractivity (Wildman–Crippen MR) is 80.2 cm³/mol. The molecule has 3 heterocycles. The van der Waals surface area contributed by atoms with Gasteiger partial charge in [-0.2, -0.15) is 10.4 Å². The molecule has 2 N–H and O–H groups in total. The van der Waals surface area contributed by atoms with Crippen LogP contribution < -0.4 is 5.73 Å². The van der Waals surface area contributed by atoms with Crippen LogP contribution in [0.15, 0.2) is 29.2 Å². The number of nitrogen functional groups attached to an aromatic ring is 1. The summed E-state index contributed by atoms with van der Waals surface area (Å²) in [6.07, 6.45) is 4.26. The second kappa shape index (κ2) is 5.75. The van der Waals surface area contributed by atoms with Gasteiger partial charge in [0.2, 0.25) is 0 Å². The van der Waals surface area contributed by atoms with Gasteiger partial charge in [-0.05, 0) is 0 Å². The number of halogens is 1. The van der Waals surface area contributed by atoms with Crippen molar-refractivity contribution in [2.45, 2.75) is 5.25 Å². The summed E-state index contributed by atoms with van der Waals surface area (Å²) in [5.74, 6) is 0.210. The maximum atomic E-state index is 13.9. The topological polar surface area (TPSA) is 93.4 Å². The molecule has 1 aliphatic heterocycles. The lowest BCUT2D eigenvalue weighted by atomic mass is 10.2. The molecule has 1 saturated heterocycles. The maximum absolute atomic E-state index is 13.9. The van der Waals surface area contributed by atoms with Crippen LogP contribution in [0.2, 0.25) is 0 Å². The Bertz CT molecular complexity index is 737. The van der Waals surface area contributed by atoms with Crippen LogP contribution in [0.4, 0.5) is 10.1 Å². The van der Waals surface area contributed by atoms with E-state index < -0.39 is 5.82 Å². The fourth-order valence-corrected chi connectivity index (χ4v) is 4.65. The zero-order valence-corrected chi connectivity index (χ0v) is 12.2. The molecule has 1 atom stereocenters. The first-order valence-electron chi connectivity index (χ1n) is 5.89. The average Bonchev–Trinajstić information content (AvgIpc) is 3.12. The number of rotatable bonds is 2. The number of allylic oxidation sites excluding steroid dienone is 1. The first-order valence-corrected chi connectivity index (χ1v) is 7.75. The van der Waals surface area contributed by atoms with Crippen molar-refractivity contribution in [3.8, 4) is 6.07 Å². The minimum atomic E-state index is -0.423. The van der Waals surface area contributed by atoms with Gasteiger partial charge >= 0.3 is 0 Å². The van der Waals surface area contributed by atoms with Crippen LogP contribution in [-0.2, 0) is 0 Å². The van der Waals surface area contributed by atoms with Gasteiger partial charge in [-0.15, -0.1) is 23.5 Å². The smallest absolute Gasteiger partial charge is 0.163 e. The van der Waals surface area contributed by atoms with Gasteiger partial charge in [-0.1, -0.05) is 0 Å². The molecule has 0 unspecified atom stereocenters. The van der Waals surface area contributed by atoms with Crippen molar-refractivity contribution in [3.05, 3.63) is 40.7 Å². The van der Waals surface area contributed by atoms with Crippen LogP contribution in [0.1, 0.15) is 10.9 Å². The molecule has 0 spiro atoms. The summed E-state index contributed by atoms with van der Waals surface area (Å²) in [4.78, 5) is 7.89. The lowest BCUT2D eigenvalue weighted by molar-refractivity contribution is 0.602. The zero-order valence-electron chi connectivity index (χ0n) is 10.6. The molecule has 2 aromatic heterocycles. The quantitative estimate of drug-likeness (QED) is 0.848. The fraction of sp³-hybridized carbons (Fsp3) is 0.167. The van der Waals surface area contributed by atoms with Crippen LogP contribution in [0.5, 0.6) is 0 Å². The molecule has 0 aromatic carbocycles. The lowest BCUT2D eigenvalue weighted by Gasteiger charge is -2.08. The van der Waals surface area contributed by atoms with E-state index in [1.807, 2.05) is 0 Å². The highest BCUT2D eigenvalue weighted by molar-refractivity contribution is 8.25. The fourth-order valence-electron chi connectivity index (χ4n) is 1.82. The number of nitrogens with two attached hydrogens (primary N) is 1. The van der Waals surface area contributed by atoms with Gasteiger partial charge in [0.05, 0.1) is 27.1 Å². The Labute approximate surface area is 128 Å². The van der Waals surface area contributed by atoms with Crippen LogP contribution in [0.25, 0.3) is 5.70 Å². The normalized spacial score (nSPS) is 20.3. The molecule has 0 aliphatic carbocycles. The van der Waals surface area contributed by atoms with Gasteiger partial charge in [0, 0.05) is 11.8 Å². The average molecular weight is 320 g/mol. The number of nitriles is 1. The third-order valence-corrected chi connectivity index (χ3v) is 5.65. The minimum Gasteiger partial charge on any atom is -0.397 e. The number of hydrogen-bond acceptors (Lipinski definition) is 7. The monoisotopic (exact) mass is 320 g/mol. The second-order valence-electron chi connectivity index (χ2n) is 4.14. The summed E-state index contributed by atoms with van der Waals surface area (Å²) in [6, 6.07) is 3.37. The highest BCUT2D eigenvalue weighted by atomic mass is 32.2.